The van der Waals surface area contributed by atoms with Crippen molar-refractivity contribution in [2.75, 3.05) is 13.7 Å². The first-order valence-electron chi connectivity index (χ1n) is 10.8. The molecule has 0 saturated carbocycles. The van der Waals surface area contributed by atoms with E-state index in [9.17, 15) is 19.2 Å². The van der Waals surface area contributed by atoms with Crippen molar-refractivity contribution in [3.8, 4) is 0 Å². The van der Waals surface area contributed by atoms with Crippen LogP contribution in [0.1, 0.15) is 52.0 Å². The van der Waals surface area contributed by atoms with E-state index in [1.54, 1.807) is 53.6 Å². The molecule has 3 amide bonds. The lowest BCUT2D eigenvalue weighted by molar-refractivity contribution is -0.123. The summed E-state index contributed by atoms with van der Waals surface area (Å²) in [6, 6.07) is 9.98. The quantitative estimate of drug-likeness (QED) is 0.173. The summed E-state index contributed by atoms with van der Waals surface area (Å²) in [7, 11) is 1.32. The Hall–Kier alpha value is -3.57. The van der Waals surface area contributed by atoms with Gasteiger partial charge in [0.15, 0.2) is 0 Å². The van der Waals surface area contributed by atoms with Crippen molar-refractivity contribution in [1.29, 1.82) is 0 Å². The van der Waals surface area contributed by atoms with Crippen LogP contribution >= 0.6 is 24.0 Å². The molecule has 0 aliphatic carbocycles. The first-order chi connectivity index (χ1) is 16.9. The number of hydrogen-bond acceptors (Lipinski definition) is 8. The summed E-state index contributed by atoms with van der Waals surface area (Å²) in [6.07, 6.45) is 6.95. The molecular weight excluding hydrogens is 488 g/mol. The highest BCUT2D eigenvalue weighted by Gasteiger charge is 2.31. The highest BCUT2D eigenvalue weighted by atomic mass is 32.2. The van der Waals surface area contributed by atoms with Crippen molar-refractivity contribution in [3.05, 3.63) is 70.4 Å². The van der Waals surface area contributed by atoms with Crippen LogP contribution in [-0.2, 0) is 14.3 Å². The zero-order valence-electron chi connectivity index (χ0n) is 19.0. The molecule has 11 heteroatoms. The van der Waals surface area contributed by atoms with Gasteiger partial charge in [-0.1, -0.05) is 42.5 Å². The second-order valence-corrected chi connectivity index (χ2v) is 9.18. The highest BCUT2D eigenvalue weighted by Crippen LogP contribution is 2.32. The summed E-state index contributed by atoms with van der Waals surface area (Å²) in [5.41, 5.74) is 6.29. The number of benzene rings is 1. The number of nitrogens with zero attached hydrogens (tertiary/aromatic N) is 2. The van der Waals surface area contributed by atoms with E-state index in [2.05, 4.69) is 20.6 Å². The van der Waals surface area contributed by atoms with Gasteiger partial charge in [0.1, 0.15) is 4.32 Å². The van der Waals surface area contributed by atoms with E-state index in [0.29, 0.717) is 39.7 Å². The molecule has 0 spiro atoms. The van der Waals surface area contributed by atoms with Crippen LogP contribution in [0, 0.1) is 0 Å². The number of rotatable bonds is 9. The first kappa shape index (κ1) is 26.0. The number of carbonyl (C=O) groups excluding carboxylic acids is 4. The summed E-state index contributed by atoms with van der Waals surface area (Å²) in [5.74, 6) is -1.31. The summed E-state index contributed by atoms with van der Waals surface area (Å²) in [6.45, 7) is 0.461. The molecule has 1 aromatic heterocycles. The van der Waals surface area contributed by atoms with Crippen LogP contribution in [0.3, 0.4) is 0 Å². The van der Waals surface area contributed by atoms with Gasteiger partial charge in [-0.05, 0) is 48.7 Å². The molecule has 182 valence electrons. The molecule has 3 rings (SSSR count). The van der Waals surface area contributed by atoms with E-state index < -0.39 is 11.9 Å². The predicted molar refractivity (Wildman–Crippen MR) is 136 cm³/mol. The van der Waals surface area contributed by atoms with Crippen LogP contribution in [0.4, 0.5) is 0 Å². The molecule has 0 unspecified atom stereocenters. The third-order valence-corrected chi connectivity index (χ3v) is 6.41. The highest BCUT2D eigenvalue weighted by molar-refractivity contribution is 8.26. The minimum atomic E-state index is -0.437. The van der Waals surface area contributed by atoms with Crippen molar-refractivity contribution in [1.82, 2.24) is 20.7 Å². The molecule has 1 aromatic carbocycles. The number of esters is 1. The summed E-state index contributed by atoms with van der Waals surface area (Å²) in [5, 5.41) is 0. The number of nitrogens with one attached hydrogen (secondary N) is 2. The summed E-state index contributed by atoms with van der Waals surface area (Å²) >= 11 is 6.59. The van der Waals surface area contributed by atoms with Gasteiger partial charge in [-0.25, -0.2) is 4.79 Å². The molecule has 1 aliphatic heterocycles. The van der Waals surface area contributed by atoms with Crippen LogP contribution in [0.5, 0.6) is 0 Å². The fourth-order valence-electron chi connectivity index (χ4n) is 3.17. The Labute approximate surface area is 212 Å². The number of carbonyl (C=O) groups is 4. The van der Waals surface area contributed by atoms with Crippen molar-refractivity contribution < 1.29 is 23.9 Å². The summed E-state index contributed by atoms with van der Waals surface area (Å²) < 4.78 is 5.17. The van der Waals surface area contributed by atoms with Gasteiger partial charge in [-0.15, -0.1) is 0 Å². The molecule has 2 aromatic rings. The third kappa shape index (κ3) is 7.46. The molecule has 0 radical (unpaired) electrons. The Balaban J connectivity index is 1.38. The second-order valence-electron chi connectivity index (χ2n) is 7.50. The number of thiocarbonyl (C=S) groups is 1. The zero-order chi connectivity index (χ0) is 25.2. The lowest BCUT2D eigenvalue weighted by atomic mass is 10.1. The Morgan fingerprint density at radius 2 is 1.86 bits per heavy atom. The van der Waals surface area contributed by atoms with Crippen LogP contribution in [0.15, 0.2) is 53.7 Å². The van der Waals surface area contributed by atoms with E-state index in [1.165, 1.54) is 25.1 Å². The average Bonchev–Trinajstić information content (AvgIpc) is 3.14. The average molecular weight is 513 g/mol. The predicted octanol–water partition coefficient (Wildman–Crippen LogP) is 3.09. The van der Waals surface area contributed by atoms with Gasteiger partial charge in [0.25, 0.3) is 11.8 Å². The minimum absolute atomic E-state index is 0.159. The maximum atomic E-state index is 12.7. The van der Waals surface area contributed by atoms with Crippen molar-refractivity contribution in [2.24, 2.45) is 0 Å². The van der Waals surface area contributed by atoms with Gasteiger partial charge >= 0.3 is 5.97 Å². The van der Waals surface area contributed by atoms with Crippen LogP contribution in [-0.4, -0.2) is 51.5 Å². The number of thioether (sulfide) groups is 1. The van der Waals surface area contributed by atoms with E-state index in [4.69, 9.17) is 12.2 Å². The van der Waals surface area contributed by atoms with Gasteiger partial charge in [-0.2, -0.15) is 0 Å². The Morgan fingerprint density at radius 1 is 1.09 bits per heavy atom. The minimum Gasteiger partial charge on any atom is -0.465 e. The van der Waals surface area contributed by atoms with Gasteiger partial charge in [-0.3, -0.25) is 35.1 Å². The van der Waals surface area contributed by atoms with E-state index in [0.717, 1.165) is 12.0 Å². The largest absolute Gasteiger partial charge is 0.465 e. The number of unbranched alkanes of at least 4 members (excludes halogenated alkanes) is 2. The molecule has 0 atom stereocenters. The monoisotopic (exact) mass is 512 g/mol. The third-order valence-electron chi connectivity index (χ3n) is 5.03. The lowest BCUT2D eigenvalue weighted by Crippen LogP contribution is -2.41. The molecule has 35 heavy (non-hydrogen) atoms. The van der Waals surface area contributed by atoms with Crippen molar-refractivity contribution >= 4 is 58.1 Å². The number of hydrogen-bond donors (Lipinski definition) is 2. The normalized spacial score (nSPS) is 14.2. The number of methoxy groups -OCH3 is 1. The van der Waals surface area contributed by atoms with Crippen molar-refractivity contribution in [2.45, 2.75) is 25.7 Å². The van der Waals surface area contributed by atoms with Gasteiger partial charge in [0.2, 0.25) is 5.91 Å². The molecular formula is C24H24N4O5S2. The zero-order valence-corrected chi connectivity index (χ0v) is 20.6. The Bertz CT molecular complexity index is 1140. The number of aromatic nitrogens is 1. The molecule has 2 heterocycles. The SMILES string of the molecule is COC(=O)c1ccc(C=C2SC(=S)N(CCCCCC(=O)NNC(=O)c3cccnc3)C2=O)cc1. The topological polar surface area (TPSA) is 118 Å². The van der Waals surface area contributed by atoms with E-state index >= 15 is 0 Å². The smallest absolute Gasteiger partial charge is 0.337 e. The van der Waals surface area contributed by atoms with Gasteiger partial charge < -0.3 is 4.74 Å². The van der Waals surface area contributed by atoms with Crippen LogP contribution in [0.2, 0.25) is 0 Å². The molecule has 1 saturated heterocycles. The number of pyridine rings is 1. The van der Waals surface area contributed by atoms with Crippen LogP contribution in [0.25, 0.3) is 6.08 Å². The number of ether oxygens (including phenoxy) is 1. The fourth-order valence-corrected chi connectivity index (χ4v) is 4.48. The Kier molecular flexibility index (Phi) is 9.50. The summed E-state index contributed by atoms with van der Waals surface area (Å²) in [4.78, 5) is 54.0. The maximum Gasteiger partial charge on any atom is 0.337 e. The molecule has 1 fully saturated rings. The standard InChI is InChI=1S/C24H24N4O5S2/c1-33-23(32)17-10-8-16(9-11-17)14-19-22(31)28(24(34)35-19)13-4-2-3-7-20(29)26-27-21(30)18-6-5-12-25-15-18/h5-6,8-12,14-15H,2-4,7,13H2,1H3,(H,26,29)(H,27,30). The maximum absolute atomic E-state index is 12.7. The molecule has 9 nitrogen and oxygen atoms in total. The second kappa shape index (κ2) is 12.8. The van der Waals surface area contributed by atoms with Gasteiger partial charge in [0, 0.05) is 25.4 Å². The first-order valence-corrected chi connectivity index (χ1v) is 12.0. The van der Waals surface area contributed by atoms with Gasteiger partial charge in [0.05, 0.1) is 23.1 Å². The van der Waals surface area contributed by atoms with Crippen LogP contribution < -0.4 is 10.9 Å². The molecule has 0 bridgehead atoms. The van der Waals surface area contributed by atoms with Crippen molar-refractivity contribution in [3.63, 3.8) is 0 Å². The van der Waals surface area contributed by atoms with E-state index in [1.807, 2.05) is 0 Å². The number of amides is 3. The molecule has 1 aliphatic rings. The fraction of sp³-hybridized carbons (Fsp3) is 0.250. The lowest BCUT2D eigenvalue weighted by Gasteiger charge is -2.14. The van der Waals surface area contributed by atoms with E-state index in [-0.39, 0.29) is 18.2 Å². The molecule has 2 N–H and O–H groups in total. The Morgan fingerprint density at radius 3 is 2.54 bits per heavy atom. The number of hydrazine groups is 1.